The summed E-state index contributed by atoms with van der Waals surface area (Å²) in [7, 11) is 0. The summed E-state index contributed by atoms with van der Waals surface area (Å²) in [6.45, 7) is 0. The Hall–Kier alpha value is -2.36. The molecule has 3 rings (SSSR count). The molecule has 1 N–H and O–H groups in total. The second kappa shape index (κ2) is 3.66. The van der Waals surface area contributed by atoms with Crippen LogP contribution < -0.4 is 4.74 Å². The van der Waals surface area contributed by atoms with Crippen LogP contribution >= 0.6 is 0 Å². The van der Waals surface area contributed by atoms with Crippen molar-refractivity contribution in [1.82, 2.24) is 15.0 Å². The Labute approximate surface area is 91.9 Å². The van der Waals surface area contributed by atoms with Crippen LogP contribution in [0.15, 0.2) is 49.1 Å². The number of ether oxygens (including phenoxy) is 1. The summed E-state index contributed by atoms with van der Waals surface area (Å²) in [6.07, 6.45) is 5.06. The van der Waals surface area contributed by atoms with Crippen molar-refractivity contribution in [2.24, 2.45) is 0 Å². The summed E-state index contributed by atoms with van der Waals surface area (Å²) in [5.74, 6) is 1.55. The highest BCUT2D eigenvalue weighted by Crippen LogP contribution is 2.23. The zero-order valence-corrected chi connectivity index (χ0v) is 8.42. The zero-order valence-electron chi connectivity index (χ0n) is 8.42. The summed E-state index contributed by atoms with van der Waals surface area (Å²) < 4.78 is 5.67. The third kappa shape index (κ3) is 1.61. The van der Waals surface area contributed by atoms with Crippen molar-refractivity contribution in [3.8, 4) is 11.5 Å². The van der Waals surface area contributed by atoms with Gasteiger partial charge in [-0.3, -0.25) is 4.98 Å². The van der Waals surface area contributed by atoms with E-state index in [1.54, 1.807) is 18.7 Å². The lowest BCUT2D eigenvalue weighted by molar-refractivity contribution is 0.482. The lowest BCUT2D eigenvalue weighted by atomic mass is 10.3. The molecule has 0 saturated carbocycles. The second-order valence-corrected chi connectivity index (χ2v) is 3.37. The van der Waals surface area contributed by atoms with Gasteiger partial charge >= 0.3 is 0 Å². The number of hydrogen-bond acceptors (Lipinski definition) is 3. The van der Waals surface area contributed by atoms with Gasteiger partial charge in [0.15, 0.2) is 0 Å². The van der Waals surface area contributed by atoms with Gasteiger partial charge in [0.1, 0.15) is 11.5 Å². The summed E-state index contributed by atoms with van der Waals surface area (Å²) in [6, 6.07) is 9.36. The highest BCUT2D eigenvalue weighted by molar-refractivity contribution is 5.76. The van der Waals surface area contributed by atoms with E-state index in [1.807, 2.05) is 30.3 Å². The Kier molecular flexibility index (Phi) is 2.04. The van der Waals surface area contributed by atoms with Crippen molar-refractivity contribution in [3.63, 3.8) is 0 Å². The molecule has 3 aromatic rings. The minimum Gasteiger partial charge on any atom is -0.457 e. The maximum Gasteiger partial charge on any atom is 0.130 e. The lowest BCUT2D eigenvalue weighted by Crippen LogP contribution is -1.84. The fourth-order valence-corrected chi connectivity index (χ4v) is 1.52. The molecular weight excluding hydrogens is 202 g/mol. The minimum absolute atomic E-state index is 0.772. The maximum atomic E-state index is 5.67. The monoisotopic (exact) mass is 211 g/mol. The molecule has 0 unspecified atom stereocenters. The number of fused-ring (bicyclic) bond motifs is 1. The molecule has 0 radical (unpaired) electrons. The van der Waals surface area contributed by atoms with E-state index in [-0.39, 0.29) is 0 Å². The Morgan fingerprint density at radius 1 is 1.00 bits per heavy atom. The van der Waals surface area contributed by atoms with Crippen LogP contribution in [0.25, 0.3) is 11.0 Å². The molecule has 0 aliphatic carbocycles. The summed E-state index contributed by atoms with van der Waals surface area (Å²) in [5.41, 5.74) is 1.90. The molecule has 78 valence electrons. The third-order valence-corrected chi connectivity index (χ3v) is 2.28. The molecule has 4 nitrogen and oxygen atoms in total. The molecule has 0 aliphatic heterocycles. The normalized spacial score (nSPS) is 10.5. The van der Waals surface area contributed by atoms with E-state index < -0.39 is 0 Å². The van der Waals surface area contributed by atoms with Crippen molar-refractivity contribution in [1.29, 1.82) is 0 Å². The fraction of sp³-hybridized carbons (Fsp3) is 0. The van der Waals surface area contributed by atoms with Crippen LogP contribution in [0.4, 0.5) is 0 Å². The number of nitrogens with one attached hydrogen (secondary N) is 1. The molecule has 0 saturated heterocycles. The molecule has 0 atom stereocenters. The van der Waals surface area contributed by atoms with Gasteiger partial charge < -0.3 is 9.72 Å². The fourth-order valence-electron chi connectivity index (χ4n) is 1.52. The summed E-state index contributed by atoms with van der Waals surface area (Å²) >= 11 is 0. The van der Waals surface area contributed by atoms with E-state index in [0.717, 1.165) is 22.5 Å². The molecule has 0 fully saturated rings. The average molecular weight is 211 g/mol. The van der Waals surface area contributed by atoms with Crippen molar-refractivity contribution < 1.29 is 4.74 Å². The number of benzene rings is 1. The summed E-state index contributed by atoms with van der Waals surface area (Å²) in [5, 5.41) is 0. The molecule has 0 spiro atoms. The van der Waals surface area contributed by atoms with Gasteiger partial charge in [-0.25, -0.2) is 4.98 Å². The first-order chi connectivity index (χ1) is 7.92. The van der Waals surface area contributed by atoms with E-state index in [2.05, 4.69) is 15.0 Å². The van der Waals surface area contributed by atoms with Crippen LogP contribution in [0.5, 0.6) is 11.5 Å². The van der Waals surface area contributed by atoms with Crippen LogP contribution in [0.2, 0.25) is 0 Å². The van der Waals surface area contributed by atoms with Gasteiger partial charge in [0, 0.05) is 18.5 Å². The third-order valence-electron chi connectivity index (χ3n) is 2.28. The highest BCUT2D eigenvalue weighted by atomic mass is 16.5. The predicted molar refractivity (Wildman–Crippen MR) is 60.4 cm³/mol. The van der Waals surface area contributed by atoms with Gasteiger partial charge in [0.05, 0.1) is 17.4 Å². The van der Waals surface area contributed by atoms with E-state index in [0.29, 0.717) is 0 Å². The van der Waals surface area contributed by atoms with Crippen molar-refractivity contribution in [2.75, 3.05) is 0 Å². The Bertz CT molecular complexity index is 604. The van der Waals surface area contributed by atoms with Crippen LogP contribution in [0.3, 0.4) is 0 Å². The quantitative estimate of drug-likeness (QED) is 0.709. The highest BCUT2D eigenvalue weighted by Gasteiger charge is 2.00. The number of aromatic amines is 1. The molecule has 4 heteroatoms. The SMILES string of the molecule is c1cc(Oc2ccc3nc[nH]c3c2)ccn1. The van der Waals surface area contributed by atoms with Crippen molar-refractivity contribution >= 4 is 11.0 Å². The number of rotatable bonds is 2. The first kappa shape index (κ1) is 8.91. The van der Waals surface area contributed by atoms with Gasteiger partial charge in [-0.2, -0.15) is 0 Å². The lowest BCUT2D eigenvalue weighted by Gasteiger charge is -2.04. The topological polar surface area (TPSA) is 50.8 Å². The standard InChI is InChI=1S/C12H9N3O/c1-2-11-12(15-8-14-11)7-10(1)16-9-3-5-13-6-4-9/h1-8H,(H,14,15). The van der Waals surface area contributed by atoms with Crippen LogP contribution in [-0.2, 0) is 0 Å². The maximum absolute atomic E-state index is 5.67. The van der Waals surface area contributed by atoms with E-state index in [1.165, 1.54) is 0 Å². The second-order valence-electron chi connectivity index (χ2n) is 3.37. The zero-order chi connectivity index (χ0) is 10.8. The van der Waals surface area contributed by atoms with Gasteiger partial charge in [-0.1, -0.05) is 0 Å². The number of imidazole rings is 1. The molecular formula is C12H9N3O. The minimum atomic E-state index is 0.772. The van der Waals surface area contributed by atoms with Crippen molar-refractivity contribution in [3.05, 3.63) is 49.1 Å². The van der Waals surface area contributed by atoms with E-state index >= 15 is 0 Å². The molecule has 2 aromatic heterocycles. The predicted octanol–water partition coefficient (Wildman–Crippen LogP) is 2.75. The van der Waals surface area contributed by atoms with Gasteiger partial charge in [0.2, 0.25) is 0 Å². The van der Waals surface area contributed by atoms with E-state index in [9.17, 15) is 0 Å². The van der Waals surface area contributed by atoms with Crippen LogP contribution in [0.1, 0.15) is 0 Å². The smallest absolute Gasteiger partial charge is 0.130 e. The number of hydrogen-bond donors (Lipinski definition) is 1. The molecule has 0 aliphatic rings. The largest absolute Gasteiger partial charge is 0.457 e. The molecule has 0 amide bonds. The van der Waals surface area contributed by atoms with E-state index in [4.69, 9.17) is 4.74 Å². The number of aromatic nitrogens is 3. The van der Waals surface area contributed by atoms with Crippen LogP contribution in [-0.4, -0.2) is 15.0 Å². The average Bonchev–Trinajstić information content (AvgIpc) is 2.77. The number of nitrogens with zero attached hydrogens (tertiary/aromatic N) is 2. The van der Waals surface area contributed by atoms with Crippen molar-refractivity contribution in [2.45, 2.75) is 0 Å². The Balaban J connectivity index is 1.94. The molecule has 16 heavy (non-hydrogen) atoms. The van der Waals surface area contributed by atoms with Crippen LogP contribution in [0, 0.1) is 0 Å². The molecule has 2 heterocycles. The van der Waals surface area contributed by atoms with Gasteiger partial charge in [-0.05, 0) is 24.3 Å². The Morgan fingerprint density at radius 2 is 1.88 bits per heavy atom. The molecule has 0 bridgehead atoms. The van der Waals surface area contributed by atoms with Gasteiger partial charge in [0.25, 0.3) is 0 Å². The first-order valence-electron chi connectivity index (χ1n) is 4.93. The Morgan fingerprint density at radius 3 is 2.75 bits per heavy atom. The number of H-pyrrole nitrogens is 1. The molecule has 1 aromatic carbocycles. The first-order valence-corrected chi connectivity index (χ1v) is 4.93. The van der Waals surface area contributed by atoms with Gasteiger partial charge in [-0.15, -0.1) is 0 Å². The summed E-state index contributed by atoms with van der Waals surface area (Å²) in [4.78, 5) is 11.1. The number of pyridine rings is 1.